The average Bonchev–Trinajstić information content (AvgIpc) is 2.14. The van der Waals surface area contributed by atoms with Crippen LogP contribution in [0.15, 0.2) is 29.2 Å². The van der Waals surface area contributed by atoms with Crippen LogP contribution in [0.5, 0.6) is 5.75 Å². The predicted octanol–water partition coefficient (Wildman–Crippen LogP) is 0.428. The summed E-state index contributed by atoms with van der Waals surface area (Å²) >= 11 is 0. The summed E-state index contributed by atoms with van der Waals surface area (Å²) in [6, 6.07) is 6.26. The highest BCUT2D eigenvalue weighted by Crippen LogP contribution is 2.15. The Balaban J connectivity index is 2.79. The predicted molar refractivity (Wildman–Crippen MR) is 54.1 cm³/mol. The molecule has 0 aromatic heterocycles. The van der Waals surface area contributed by atoms with Gasteiger partial charge in [0.25, 0.3) is 0 Å². The molecule has 1 aromatic carbocycles. The maximum absolute atomic E-state index is 11.1. The fraction of sp³-hybridized carbons (Fsp3) is 0.333. The van der Waals surface area contributed by atoms with Crippen LogP contribution < -0.4 is 10.5 Å². The van der Waals surface area contributed by atoms with E-state index in [0.29, 0.717) is 18.9 Å². The summed E-state index contributed by atoms with van der Waals surface area (Å²) in [5, 5.41) is 0. The van der Waals surface area contributed by atoms with Gasteiger partial charge in [-0.15, -0.1) is 0 Å². The molecule has 0 unspecified atom stereocenters. The summed E-state index contributed by atoms with van der Waals surface area (Å²) < 4.78 is 27.4. The van der Waals surface area contributed by atoms with Crippen LogP contribution in [0.3, 0.4) is 0 Å². The third-order valence-electron chi connectivity index (χ3n) is 1.64. The number of nitrogens with two attached hydrogens (primary N) is 1. The van der Waals surface area contributed by atoms with Crippen molar-refractivity contribution in [1.82, 2.24) is 0 Å². The van der Waals surface area contributed by atoms with E-state index >= 15 is 0 Å². The lowest BCUT2D eigenvalue weighted by Crippen LogP contribution is -2.10. The Hall–Kier alpha value is -1.07. The minimum Gasteiger partial charge on any atom is -0.492 e. The molecule has 4 nitrogen and oxygen atoms in total. The lowest BCUT2D eigenvalue weighted by molar-refractivity contribution is 0.328. The van der Waals surface area contributed by atoms with E-state index < -0.39 is 9.84 Å². The second kappa shape index (κ2) is 4.43. The summed E-state index contributed by atoms with van der Waals surface area (Å²) in [6.07, 6.45) is 1.17. The molecule has 78 valence electrons. The Morgan fingerprint density at radius 1 is 1.29 bits per heavy atom. The molecular formula is C9H13NO3S. The van der Waals surface area contributed by atoms with Gasteiger partial charge < -0.3 is 10.5 Å². The van der Waals surface area contributed by atoms with Gasteiger partial charge in [-0.3, -0.25) is 0 Å². The minimum absolute atomic E-state index is 0.289. The van der Waals surface area contributed by atoms with Crippen molar-refractivity contribution < 1.29 is 13.2 Å². The van der Waals surface area contributed by atoms with Gasteiger partial charge in [-0.1, -0.05) is 0 Å². The summed E-state index contributed by atoms with van der Waals surface area (Å²) in [5.74, 6) is 0.628. The number of ether oxygens (including phenoxy) is 1. The molecule has 5 heteroatoms. The van der Waals surface area contributed by atoms with Crippen LogP contribution in [-0.4, -0.2) is 27.8 Å². The van der Waals surface area contributed by atoms with Crippen molar-refractivity contribution in [3.05, 3.63) is 24.3 Å². The van der Waals surface area contributed by atoms with Crippen molar-refractivity contribution in [3.63, 3.8) is 0 Å². The zero-order valence-corrected chi connectivity index (χ0v) is 8.75. The van der Waals surface area contributed by atoms with Crippen molar-refractivity contribution in [2.24, 2.45) is 5.73 Å². The molecule has 0 atom stereocenters. The van der Waals surface area contributed by atoms with Gasteiger partial charge in [0.1, 0.15) is 12.4 Å². The largest absolute Gasteiger partial charge is 0.492 e. The summed E-state index contributed by atoms with van der Waals surface area (Å²) in [5.41, 5.74) is 5.25. The van der Waals surface area contributed by atoms with E-state index in [1.165, 1.54) is 18.4 Å². The van der Waals surface area contributed by atoms with Gasteiger partial charge >= 0.3 is 0 Å². The van der Waals surface area contributed by atoms with E-state index in [1.54, 1.807) is 12.1 Å². The summed E-state index contributed by atoms with van der Waals surface area (Å²) in [6.45, 7) is 0.867. The normalized spacial score (nSPS) is 11.3. The van der Waals surface area contributed by atoms with Crippen molar-refractivity contribution in [3.8, 4) is 5.75 Å². The fourth-order valence-electron chi connectivity index (χ4n) is 0.960. The zero-order chi connectivity index (χ0) is 10.6. The van der Waals surface area contributed by atoms with Gasteiger partial charge in [0, 0.05) is 12.8 Å². The van der Waals surface area contributed by atoms with Crippen molar-refractivity contribution in [2.45, 2.75) is 4.90 Å². The zero-order valence-electron chi connectivity index (χ0n) is 7.93. The first kappa shape index (κ1) is 11.0. The second-order valence-corrected chi connectivity index (χ2v) is 4.90. The maximum Gasteiger partial charge on any atom is 0.175 e. The molecule has 0 bridgehead atoms. The molecule has 0 saturated carbocycles. The smallest absolute Gasteiger partial charge is 0.175 e. The molecule has 0 aliphatic carbocycles. The number of benzene rings is 1. The highest BCUT2D eigenvalue weighted by atomic mass is 32.2. The van der Waals surface area contributed by atoms with E-state index in [1.807, 2.05) is 0 Å². The summed E-state index contributed by atoms with van der Waals surface area (Å²) in [7, 11) is -3.12. The topological polar surface area (TPSA) is 69.4 Å². The molecule has 1 rings (SSSR count). The van der Waals surface area contributed by atoms with Crippen LogP contribution in [0.4, 0.5) is 0 Å². The molecule has 2 N–H and O–H groups in total. The highest BCUT2D eigenvalue weighted by Gasteiger charge is 2.05. The number of rotatable bonds is 4. The molecule has 0 saturated heterocycles. The van der Waals surface area contributed by atoms with E-state index in [-0.39, 0.29) is 4.90 Å². The van der Waals surface area contributed by atoms with Gasteiger partial charge in [0.05, 0.1) is 4.90 Å². The Bertz CT molecular complexity index is 383. The van der Waals surface area contributed by atoms with Crippen LogP contribution in [0.2, 0.25) is 0 Å². The third-order valence-corrected chi connectivity index (χ3v) is 2.77. The van der Waals surface area contributed by atoms with Crippen LogP contribution in [0.1, 0.15) is 0 Å². The Morgan fingerprint density at radius 2 is 1.86 bits per heavy atom. The van der Waals surface area contributed by atoms with E-state index in [2.05, 4.69) is 0 Å². The van der Waals surface area contributed by atoms with E-state index in [4.69, 9.17) is 10.5 Å². The molecule has 14 heavy (non-hydrogen) atoms. The quantitative estimate of drug-likeness (QED) is 0.790. The Morgan fingerprint density at radius 3 is 2.29 bits per heavy atom. The maximum atomic E-state index is 11.1. The Labute approximate surface area is 83.6 Å². The van der Waals surface area contributed by atoms with Crippen LogP contribution >= 0.6 is 0 Å². The molecule has 0 aliphatic rings. The van der Waals surface area contributed by atoms with Gasteiger partial charge in [-0.05, 0) is 24.3 Å². The fourth-order valence-corrected chi connectivity index (χ4v) is 1.59. The first-order valence-corrected chi connectivity index (χ1v) is 6.06. The molecule has 0 amide bonds. The number of sulfone groups is 1. The average molecular weight is 215 g/mol. The first-order chi connectivity index (χ1) is 6.54. The van der Waals surface area contributed by atoms with Crippen molar-refractivity contribution in [2.75, 3.05) is 19.4 Å². The highest BCUT2D eigenvalue weighted by molar-refractivity contribution is 7.90. The SMILES string of the molecule is CS(=O)(=O)c1ccc(OCCN)cc1. The minimum atomic E-state index is -3.12. The second-order valence-electron chi connectivity index (χ2n) is 2.88. The molecule has 1 aromatic rings. The van der Waals surface area contributed by atoms with Gasteiger partial charge in [-0.25, -0.2) is 8.42 Å². The lowest BCUT2D eigenvalue weighted by Gasteiger charge is -2.04. The van der Waals surface area contributed by atoms with Crippen LogP contribution in [-0.2, 0) is 9.84 Å². The lowest BCUT2D eigenvalue weighted by atomic mass is 10.3. The van der Waals surface area contributed by atoms with E-state index in [0.717, 1.165) is 0 Å². The number of hydrogen-bond acceptors (Lipinski definition) is 4. The van der Waals surface area contributed by atoms with Crippen molar-refractivity contribution >= 4 is 9.84 Å². The number of hydrogen-bond donors (Lipinski definition) is 1. The summed E-state index contributed by atoms with van der Waals surface area (Å²) in [4.78, 5) is 0.289. The van der Waals surface area contributed by atoms with Crippen molar-refractivity contribution in [1.29, 1.82) is 0 Å². The van der Waals surface area contributed by atoms with Crippen LogP contribution in [0, 0.1) is 0 Å². The van der Waals surface area contributed by atoms with Gasteiger partial charge in [-0.2, -0.15) is 0 Å². The van der Waals surface area contributed by atoms with Crippen LogP contribution in [0.25, 0.3) is 0 Å². The Kier molecular flexibility index (Phi) is 3.49. The van der Waals surface area contributed by atoms with Gasteiger partial charge in [0.15, 0.2) is 9.84 Å². The first-order valence-electron chi connectivity index (χ1n) is 4.17. The monoisotopic (exact) mass is 215 g/mol. The molecular weight excluding hydrogens is 202 g/mol. The third kappa shape index (κ3) is 3.01. The van der Waals surface area contributed by atoms with E-state index in [9.17, 15) is 8.42 Å². The molecule has 0 aliphatic heterocycles. The molecule has 0 spiro atoms. The standard InChI is InChI=1S/C9H13NO3S/c1-14(11,12)9-4-2-8(3-5-9)13-7-6-10/h2-5H,6-7,10H2,1H3. The molecule has 0 heterocycles. The van der Waals surface area contributed by atoms with Gasteiger partial charge in [0.2, 0.25) is 0 Å². The molecule has 0 radical (unpaired) electrons. The molecule has 0 fully saturated rings.